The number of carbonyl (C=O) groups is 1. The summed E-state index contributed by atoms with van der Waals surface area (Å²) < 4.78 is 5.81. The number of hydrogen-bond acceptors (Lipinski definition) is 2. The van der Waals surface area contributed by atoms with Crippen molar-refractivity contribution in [3.63, 3.8) is 0 Å². The van der Waals surface area contributed by atoms with Gasteiger partial charge < -0.3 is 9.84 Å². The van der Waals surface area contributed by atoms with E-state index < -0.39 is 5.97 Å². The first-order chi connectivity index (χ1) is 8.11. The predicted octanol–water partition coefficient (Wildman–Crippen LogP) is 3.47. The molecule has 0 aromatic heterocycles. The van der Waals surface area contributed by atoms with Gasteiger partial charge in [0.2, 0.25) is 0 Å². The molecule has 0 saturated heterocycles. The van der Waals surface area contributed by atoms with Gasteiger partial charge in [-0.05, 0) is 31.6 Å². The Morgan fingerprint density at radius 1 is 1.29 bits per heavy atom. The molecule has 1 N–H and O–H groups in total. The van der Waals surface area contributed by atoms with Crippen LogP contribution in [0.2, 0.25) is 0 Å². The number of carboxylic acids is 1. The number of carboxylic acid groups (broad SMARTS) is 1. The molecule has 2 atom stereocenters. The van der Waals surface area contributed by atoms with Crippen LogP contribution in [0.5, 0.6) is 0 Å². The summed E-state index contributed by atoms with van der Waals surface area (Å²) in [5.41, 5.74) is 0. The Hall–Kier alpha value is -0.570. The maximum atomic E-state index is 11.2. The Kier molecular flexibility index (Phi) is 6.56. The zero-order valence-electron chi connectivity index (χ0n) is 11.2. The Bertz CT molecular complexity index is 226. The Balaban J connectivity index is 2.33. The first kappa shape index (κ1) is 14.5. The smallest absolute Gasteiger partial charge is 0.309 e. The van der Waals surface area contributed by atoms with Gasteiger partial charge in [-0.15, -0.1) is 0 Å². The zero-order chi connectivity index (χ0) is 12.7. The van der Waals surface area contributed by atoms with Crippen molar-refractivity contribution in [2.24, 2.45) is 11.8 Å². The van der Waals surface area contributed by atoms with Crippen LogP contribution >= 0.6 is 0 Å². The predicted molar refractivity (Wildman–Crippen MR) is 68.0 cm³/mol. The molecular formula is C14H26O3. The van der Waals surface area contributed by atoms with Crippen LogP contribution in [0.25, 0.3) is 0 Å². The maximum absolute atomic E-state index is 11.2. The normalized spacial score (nSPS) is 25.8. The number of ether oxygens (including phenoxy) is 1. The third kappa shape index (κ3) is 5.53. The first-order valence-corrected chi connectivity index (χ1v) is 6.95. The molecule has 1 fully saturated rings. The lowest BCUT2D eigenvalue weighted by Crippen LogP contribution is -2.30. The lowest BCUT2D eigenvalue weighted by molar-refractivity contribution is -0.148. The van der Waals surface area contributed by atoms with Gasteiger partial charge in [0.15, 0.2) is 0 Å². The summed E-state index contributed by atoms with van der Waals surface area (Å²) in [4.78, 5) is 11.2. The molecule has 1 aliphatic carbocycles. The SMILES string of the molecule is CC(C)CCCOC1CCCCCC1C(=O)O. The second-order valence-corrected chi connectivity index (χ2v) is 5.53. The molecule has 0 aromatic carbocycles. The highest BCUT2D eigenvalue weighted by Gasteiger charge is 2.29. The summed E-state index contributed by atoms with van der Waals surface area (Å²) in [6.07, 6.45) is 7.13. The molecule has 1 saturated carbocycles. The van der Waals surface area contributed by atoms with Gasteiger partial charge in [-0.2, -0.15) is 0 Å². The van der Waals surface area contributed by atoms with Crippen molar-refractivity contribution in [3.8, 4) is 0 Å². The lowest BCUT2D eigenvalue weighted by atomic mass is 9.97. The Labute approximate surface area is 105 Å². The largest absolute Gasteiger partial charge is 0.481 e. The lowest BCUT2D eigenvalue weighted by Gasteiger charge is -2.22. The van der Waals surface area contributed by atoms with E-state index in [1.165, 1.54) is 0 Å². The van der Waals surface area contributed by atoms with Gasteiger partial charge in [0.25, 0.3) is 0 Å². The van der Waals surface area contributed by atoms with Gasteiger partial charge in [0.05, 0.1) is 12.0 Å². The van der Waals surface area contributed by atoms with E-state index >= 15 is 0 Å². The second-order valence-electron chi connectivity index (χ2n) is 5.53. The van der Waals surface area contributed by atoms with E-state index in [0.29, 0.717) is 12.5 Å². The van der Waals surface area contributed by atoms with E-state index in [4.69, 9.17) is 4.74 Å². The number of rotatable bonds is 6. The summed E-state index contributed by atoms with van der Waals surface area (Å²) >= 11 is 0. The average molecular weight is 242 g/mol. The Morgan fingerprint density at radius 3 is 2.65 bits per heavy atom. The summed E-state index contributed by atoms with van der Waals surface area (Å²) in [6, 6.07) is 0. The minimum Gasteiger partial charge on any atom is -0.481 e. The molecule has 3 heteroatoms. The molecule has 17 heavy (non-hydrogen) atoms. The van der Waals surface area contributed by atoms with E-state index in [9.17, 15) is 9.90 Å². The summed E-state index contributed by atoms with van der Waals surface area (Å²) in [6.45, 7) is 5.12. The van der Waals surface area contributed by atoms with Crippen molar-refractivity contribution in [1.82, 2.24) is 0 Å². The molecule has 100 valence electrons. The molecule has 1 rings (SSSR count). The van der Waals surface area contributed by atoms with Gasteiger partial charge in [-0.1, -0.05) is 33.1 Å². The highest BCUT2D eigenvalue weighted by atomic mass is 16.5. The van der Waals surface area contributed by atoms with E-state index in [-0.39, 0.29) is 12.0 Å². The second kappa shape index (κ2) is 7.70. The van der Waals surface area contributed by atoms with Crippen molar-refractivity contribution in [2.45, 2.75) is 64.9 Å². The fourth-order valence-electron chi connectivity index (χ4n) is 2.48. The van der Waals surface area contributed by atoms with Crippen molar-refractivity contribution in [1.29, 1.82) is 0 Å². The van der Waals surface area contributed by atoms with Crippen molar-refractivity contribution < 1.29 is 14.6 Å². The quantitative estimate of drug-likeness (QED) is 0.573. The first-order valence-electron chi connectivity index (χ1n) is 6.95. The molecule has 0 heterocycles. The van der Waals surface area contributed by atoms with Gasteiger partial charge in [0.1, 0.15) is 0 Å². The van der Waals surface area contributed by atoms with Gasteiger partial charge >= 0.3 is 5.97 Å². The highest BCUT2D eigenvalue weighted by molar-refractivity contribution is 5.70. The third-order valence-electron chi connectivity index (χ3n) is 3.53. The average Bonchev–Trinajstić information content (AvgIpc) is 2.49. The molecule has 0 bridgehead atoms. The Morgan fingerprint density at radius 2 is 2.00 bits per heavy atom. The number of aliphatic carboxylic acids is 1. The minimum absolute atomic E-state index is 0.0536. The monoisotopic (exact) mass is 242 g/mol. The van der Waals surface area contributed by atoms with E-state index in [2.05, 4.69) is 13.8 Å². The molecule has 3 nitrogen and oxygen atoms in total. The van der Waals surface area contributed by atoms with E-state index in [0.717, 1.165) is 44.9 Å². The fraction of sp³-hybridized carbons (Fsp3) is 0.929. The molecule has 1 aliphatic rings. The van der Waals surface area contributed by atoms with Crippen molar-refractivity contribution >= 4 is 5.97 Å². The standard InChI is InChI=1S/C14H26O3/c1-11(2)7-6-10-17-13-9-5-3-4-8-12(13)14(15)16/h11-13H,3-10H2,1-2H3,(H,15,16). The summed E-state index contributed by atoms with van der Waals surface area (Å²) in [5.74, 6) is -0.264. The minimum atomic E-state index is -0.680. The highest BCUT2D eigenvalue weighted by Crippen LogP contribution is 2.26. The van der Waals surface area contributed by atoms with E-state index in [1.54, 1.807) is 0 Å². The molecule has 0 aromatic rings. The van der Waals surface area contributed by atoms with E-state index in [1.807, 2.05) is 0 Å². The topological polar surface area (TPSA) is 46.5 Å². The van der Waals surface area contributed by atoms with Crippen LogP contribution < -0.4 is 0 Å². The van der Waals surface area contributed by atoms with Crippen LogP contribution in [0.1, 0.15) is 58.8 Å². The molecule has 0 amide bonds. The fourth-order valence-corrected chi connectivity index (χ4v) is 2.48. The van der Waals surface area contributed by atoms with Crippen LogP contribution in [0.4, 0.5) is 0 Å². The molecule has 2 unspecified atom stereocenters. The van der Waals surface area contributed by atoms with Crippen LogP contribution in [-0.2, 0) is 9.53 Å². The molecule has 0 spiro atoms. The zero-order valence-corrected chi connectivity index (χ0v) is 11.2. The third-order valence-corrected chi connectivity index (χ3v) is 3.53. The van der Waals surface area contributed by atoms with Gasteiger partial charge in [-0.25, -0.2) is 0 Å². The van der Waals surface area contributed by atoms with Crippen molar-refractivity contribution in [3.05, 3.63) is 0 Å². The summed E-state index contributed by atoms with van der Waals surface area (Å²) in [5, 5.41) is 9.20. The van der Waals surface area contributed by atoms with Crippen LogP contribution in [0.15, 0.2) is 0 Å². The molecular weight excluding hydrogens is 216 g/mol. The van der Waals surface area contributed by atoms with Gasteiger partial charge in [-0.3, -0.25) is 4.79 Å². The van der Waals surface area contributed by atoms with Crippen molar-refractivity contribution in [2.75, 3.05) is 6.61 Å². The maximum Gasteiger partial charge on any atom is 0.309 e. The molecule has 0 aliphatic heterocycles. The van der Waals surface area contributed by atoms with Crippen LogP contribution in [0.3, 0.4) is 0 Å². The van der Waals surface area contributed by atoms with Crippen LogP contribution in [0, 0.1) is 11.8 Å². The number of hydrogen-bond donors (Lipinski definition) is 1. The summed E-state index contributed by atoms with van der Waals surface area (Å²) in [7, 11) is 0. The van der Waals surface area contributed by atoms with Crippen LogP contribution in [-0.4, -0.2) is 23.8 Å². The van der Waals surface area contributed by atoms with Gasteiger partial charge in [0, 0.05) is 6.61 Å². The molecule has 0 radical (unpaired) electrons.